The van der Waals surface area contributed by atoms with Gasteiger partial charge in [-0.05, 0) is 60.7 Å². The van der Waals surface area contributed by atoms with Crippen LogP contribution in [0.5, 0.6) is 0 Å². The SMILES string of the molecule is CCC(=N)N[C@H]1CC[C@H](C(=O)N2CCN(S(=O)(=O)c3ccc4cc(Cl)ccc4c3)CC2)CC1.Cl. The molecule has 1 aliphatic heterocycles. The maximum absolute atomic E-state index is 13.2. The predicted molar refractivity (Wildman–Crippen MR) is 138 cm³/mol. The van der Waals surface area contributed by atoms with Gasteiger partial charge >= 0.3 is 0 Å². The molecule has 1 heterocycles. The Hall–Kier alpha value is -1.87. The molecule has 2 fully saturated rings. The lowest BCUT2D eigenvalue weighted by Gasteiger charge is -2.37. The zero-order valence-electron chi connectivity index (χ0n) is 19.3. The summed E-state index contributed by atoms with van der Waals surface area (Å²) in [7, 11) is -3.62. The molecule has 34 heavy (non-hydrogen) atoms. The van der Waals surface area contributed by atoms with Crippen LogP contribution in [0.2, 0.25) is 5.02 Å². The highest BCUT2D eigenvalue weighted by atomic mass is 35.5. The van der Waals surface area contributed by atoms with Crippen LogP contribution in [0.3, 0.4) is 0 Å². The van der Waals surface area contributed by atoms with Crippen molar-refractivity contribution in [2.45, 2.75) is 50.0 Å². The fraction of sp³-hybridized carbons (Fsp3) is 0.500. The van der Waals surface area contributed by atoms with Crippen LogP contribution < -0.4 is 5.32 Å². The number of nitrogens with zero attached hydrogens (tertiary/aromatic N) is 2. The molecule has 0 radical (unpaired) electrons. The van der Waals surface area contributed by atoms with Crippen LogP contribution >= 0.6 is 24.0 Å². The Morgan fingerprint density at radius 2 is 1.65 bits per heavy atom. The minimum Gasteiger partial charge on any atom is -0.371 e. The summed E-state index contributed by atoms with van der Waals surface area (Å²) in [5, 5.41) is 13.4. The Labute approximate surface area is 212 Å². The van der Waals surface area contributed by atoms with E-state index in [4.69, 9.17) is 17.0 Å². The molecule has 0 atom stereocenters. The number of piperazine rings is 1. The summed E-state index contributed by atoms with van der Waals surface area (Å²) in [6, 6.07) is 10.8. The van der Waals surface area contributed by atoms with Gasteiger partial charge in [0.05, 0.1) is 10.7 Å². The Morgan fingerprint density at radius 3 is 2.29 bits per heavy atom. The van der Waals surface area contributed by atoms with Crippen molar-refractivity contribution in [3.8, 4) is 0 Å². The molecule has 2 aromatic carbocycles. The van der Waals surface area contributed by atoms with E-state index in [0.717, 1.165) is 36.5 Å². The van der Waals surface area contributed by atoms with Crippen molar-refractivity contribution in [1.29, 1.82) is 5.41 Å². The zero-order valence-corrected chi connectivity index (χ0v) is 21.7. The number of fused-ring (bicyclic) bond motifs is 1. The van der Waals surface area contributed by atoms with Gasteiger partial charge in [-0.2, -0.15) is 4.31 Å². The molecule has 0 bridgehead atoms. The van der Waals surface area contributed by atoms with E-state index in [2.05, 4.69) is 5.32 Å². The van der Waals surface area contributed by atoms with Gasteiger partial charge in [0.25, 0.3) is 0 Å². The first-order valence-electron chi connectivity index (χ1n) is 11.6. The fourth-order valence-corrected chi connectivity index (χ4v) is 6.38. The molecule has 0 spiro atoms. The smallest absolute Gasteiger partial charge is 0.243 e. The van der Waals surface area contributed by atoms with Gasteiger partial charge < -0.3 is 10.2 Å². The van der Waals surface area contributed by atoms with E-state index >= 15 is 0 Å². The Bertz CT molecular complexity index is 1140. The second-order valence-electron chi connectivity index (χ2n) is 8.91. The molecule has 7 nitrogen and oxygen atoms in total. The van der Waals surface area contributed by atoms with Crippen LogP contribution in [0, 0.1) is 11.3 Å². The third-order valence-electron chi connectivity index (χ3n) is 6.77. The van der Waals surface area contributed by atoms with Gasteiger partial charge in [-0.25, -0.2) is 8.42 Å². The summed E-state index contributed by atoms with van der Waals surface area (Å²) in [5.41, 5.74) is 0. The van der Waals surface area contributed by atoms with E-state index in [1.54, 1.807) is 24.3 Å². The maximum Gasteiger partial charge on any atom is 0.243 e. The fourth-order valence-electron chi connectivity index (χ4n) is 4.74. The second-order valence-corrected chi connectivity index (χ2v) is 11.3. The summed E-state index contributed by atoms with van der Waals surface area (Å²) in [6.45, 7) is 3.40. The lowest BCUT2D eigenvalue weighted by Crippen LogP contribution is -2.52. The van der Waals surface area contributed by atoms with E-state index in [0.29, 0.717) is 43.5 Å². The second kappa shape index (κ2) is 11.2. The number of hydrogen-bond donors (Lipinski definition) is 2. The van der Waals surface area contributed by atoms with Crippen molar-refractivity contribution in [2.75, 3.05) is 26.2 Å². The first-order valence-corrected chi connectivity index (χ1v) is 13.4. The van der Waals surface area contributed by atoms with Gasteiger partial charge in [0.2, 0.25) is 15.9 Å². The van der Waals surface area contributed by atoms with Crippen LogP contribution in [-0.2, 0) is 14.8 Å². The molecule has 4 rings (SSSR count). The molecule has 2 N–H and O–H groups in total. The maximum atomic E-state index is 13.2. The van der Waals surface area contributed by atoms with Gasteiger partial charge in [-0.15, -0.1) is 12.4 Å². The summed E-state index contributed by atoms with van der Waals surface area (Å²) in [5.74, 6) is 0.685. The predicted octanol–water partition coefficient (Wildman–Crippen LogP) is 4.28. The largest absolute Gasteiger partial charge is 0.371 e. The van der Waals surface area contributed by atoms with E-state index in [1.807, 2.05) is 24.0 Å². The van der Waals surface area contributed by atoms with Crippen LogP contribution in [0.15, 0.2) is 41.3 Å². The summed E-state index contributed by atoms with van der Waals surface area (Å²) in [6.07, 6.45) is 4.10. The van der Waals surface area contributed by atoms with E-state index in [9.17, 15) is 13.2 Å². The Kier molecular flexibility index (Phi) is 8.84. The first kappa shape index (κ1) is 26.7. The highest BCUT2D eigenvalue weighted by Crippen LogP contribution is 2.28. The average molecular weight is 528 g/mol. The molecule has 0 unspecified atom stereocenters. The van der Waals surface area contributed by atoms with Crippen molar-refractivity contribution in [3.63, 3.8) is 0 Å². The highest BCUT2D eigenvalue weighted by Gasteiger charge is 2.34. The molecule has 10 heteroatoms. The monoisotopic (exact) mass is 526 g/mol. The zero-order chi connectivity index (χ0) is 23.6. The number of amidine groups is 1. The Morgan fingerprint density at radius 1 is 1.03 bits per heavy atom. The van der Waals surface area contributed by atoms with Crippen molar-refractivity contribution in [3.05, 3.63) is 41.4 Å². The van der Waals surface area contributed by atoms with Gasteiger partial charge in [-0.1, -0.05) is 30.7 Å². The number of halogens is 2. The average Bonchev–Trinajstić information content (AvgIpc) is 2.83. The number of benzene rings is 2. The normalized spacial score (nSPS) is 21.6. The van der Waals surface area contributed by atoms with Gasteiger partial charge in [0.15, 0.2) is 0 Å². The van der Waals surface area contributed by atoms with Crippen LogP contribution in [0.4, 0.5) is 0 Å². The minimum absolute atomic E-state index is 0. The number of rotatable bonds is 5. The number of sulfonamides is 1. The van der Waals surface area contributed by atoms with E-state index < -0.39 is 10.0 Å². The molecule has 0 aromatic heterocycles. The molecule has 2 aliphatic rings. The minimum atomic E-state index is -3.62. The highest BCUT2D eigenvalue weighted by molar-refractivity contribution is 7.89. The quantitative estimate of drug-likeness (QED) is 0.448. The van der Waals surface area contributed by atoms with Crippen LogP contribution in [0.1, 0.15) is 39.0 Å². The summed E-state index contributed by atoms with van der Waals surface area (Å²) >= 11 is 6.03. The number of hydrogen-bond acceptors (Lipinski definition) is 4. The third-order valence-corrected chi connectivity index (χ3v) is 8.90. The Balaban J connectivity index is 0.00000324. The summed E-state index contributed by atoms with van der Waals surface area (Å²) < 4.78 is 27.9. The third kappa shape index (κ3) is 5.85. The van der Waals surface area contributed by atoms with E-state index in [1.165, 1.54) is 4.31 Å². The lowest BCUT2D eigenvalue weighted by atomic mass is 9.85. The number of carbonyl (C=O) groups is 1. The number of carbonyl (C=O) groups excluding carboxylic acids is 1. The van der Waals surface area contributed by atoms with Gasteiger partial charge in [0.1, 0.15) is 0 Å². The van der Waals surface area contributed by atoms with E-state index in [-0.39, 0.29) is 35.2 Å². The van der Waals surface area contributed by atoms with Crippen molar-refractivity contribution in [2.24, 2.45) is 5.92 Å². The van der Waals surface area contributed by atoms with Crippen molar-refractivity contribution < 1.29 is 13.2 Å². The van der Waals surface area contributed by atoms with Gasteiger partial charge in [0, 0.05) is 49.6 Å². The van der Waals surface area contributed by atoms with Gasteiger partial charge in [-0.3, -0.25) is 10.2 Å². The molecule has 186 valence electrons. The molecule has 1 saturated heterocycles. The molecule has 1 amide bonds. The van der Waals surface area contributed by atoms with Crippen molar-refractivity contribution >= 4 is 56.5 Å². The molecule has 1 saturated carbocycles. The van der Waals surface area contributed by atoms with Crippen LogP contribution in [-0.4, -0.2) is 61.6 Å². The molecule has 1 aliphatic carbocycles. The molecule has 2 aromatic rings. The standard InChI is InChI=1S/C24H31ClN4O3S.ClH/c1-2-23(26)27-21-8-4-17(5-9-21)24(30)28-11-13-29(14-12-28)33(31,32)22-10-6-18-15-20(25)7-3-19(18)16-22;/h3,6-7,10,15-17,21H,2,4-5,8-9,11-14H2,1H3,(H2,26,27);1H/t17-,21-;. The number of amides is 1. The molecular weight excluding hydrogens is 495 g/mol. The first-order chi connectivity index (χ1) is 15.8. The lowest BCUT2D eigenvalue weighted by molar-refractivity contribution is -0.137. The topological polar surface area (TPSA) is 93.6 Å². The number of nitrogens with one attached hydrogen (secondary N) is 2. The molecular formula is C24H32Cl2N4O3S. The van der Waals surface area contributed by atoms with Crippen molar-refractivity contribution in [1.82, 2.24) is 14.5 Å². The summed E-state index contributed by atoms with van der Waals surface area (Å²) in [4.78, 5) is 15.1. The van der Waals surface area contributed by atoms with Crippen LogP contribution in [0.25, 0.3) is 10.8 Å².